The molecule has 2 amide bonds. The van der Waals surface area contributed by atoms with Crippen LogP contribution in [0.15, 0.2) is 42.5 Å². The van der Waals surface area contributed by atoms with Crippen LogP contribution in [0.5, 0.6) is 0 Å². The van der Waals surface area contributed by atoms with Gasteiger partial charge in [-0.1, -0.05) is 68.5 Å². The third-order valence-corrected chi connectivity index (χ3v) is 7.62. The highest BCUT2D eigenvalue weighted by molar-refractivity contribution is 6.09. The molecule has 0 radical (unpaired) electrons. The van der Waals surface area contributed by atoms with Crippen LogP contribution in [0.2, 0.25) is 0 Å². The Morgan fingerprint density at radius 2 is 1.72 bits per heavy atom. The number of Topliss-reactive ketones (excluding diaryl/α,β-unsaturated/α-hetero) is 1. The first-order chi connectivity index (χ1) is 15.5. The van der Waals surface area contributed by atoms with Crippen LogP contribution in [0.25, 0.3) is 10.8 Å². The molecule has 2 unspecified atom stereocenters. The highest BCUT2D eigenvalue weighted by atomic mass is 16.2. The van der Waals surface area contributed by atoms with Crippen molar-refractivity contribution in [2.24, 2.45) is 11.7 Å². The Balaban J connectivity index is 1.32. The molecule has 2 aliphatic heterocycles. The third-order valence-electron chi connectivity index (χ3n) is 7.62. The Labute approximate surface area is 188 Å². The number of rotatable bonds is 4. The van der Waals surface area contributed by atoms with Gasteiger partial charge in [-0.2, -0.15) is 0 Å². The minimum absolute atomic E-state index is 0.0546. The molecule has 0 aromatic heterocycles. The number of fused-ring (bicyclic) bond motifs is 2. The van der Waals surface area contributed by atoms with E-state index < -0.39 is 12.1 Å². The second kappa shape index (κ2) is 8.66. The van der Waals surface area contributed by atoms with Crippen LogP contribution >= 0.6 is 0 Å². The van der Waals surface area contributed by atoms with Crippen molar-refractivity contribution in [3.05, 3.63) is 48.0 Å². The highest BCUT2D eigenvalue weighted by Crippen LogP contribution is 2.33. The number of hydrogen-bond donors (Lipinski definition) is 1. The average Bonchev–Trinajstić information content (AvgIpc) is 3.40. The minimum atomic E-state index is -0.563. The number of nitrogens with zero attached hydrogens (tertiary/aromatic N) is 2. The first-order valence-electron chi connectivity index (χ1n) is 11.9. The van der Waals surface area contributed by atoms with E-state index in [1.54, 1.807) is 9.80 Å². The molecule has 2 N–H and O–H groups in total. The van der Waals surface area contributed by atoms with Gasteiger partial charge in [-0.15, -0.1) is 0 Å². The van der Waals surface area contributed by atoms with Crippen molar-refractivity contribution < 1.29 is 14.4 Å². The van der Waals surface area contributed by atoms with E-state index >= 15 is 0 Å². The van der Waals surface area contributed by atoms with Crippen molar-refractivity contribution in [1.29, 1.82) is 0 Å². The second-order valence-electron chi connectivity index (χ2n) is 9.60. The molecule has 3 aliphatic rings. The molecule has 32 heavy (non-hydrogen) atoms. The Morgan fingerprint density at radius 3 is 2.53 bits per heavy atom. The van der Waals surface area contributed by atoms with E-state index in [2.05, 4.69) is 0 Å². The van der Waals surface area contributed by atoms with Crippen molar-refractivity contribution in [1.82, 2.24) is 9.80 Å². The number of amides is 2. The maximum atomic E-state index is 13.5. The van der Waals surface area contributed by atoms with E-state index in [-0.39, 0.29) is 30.2 Å². The fourth-order valence-electron chi connectivity index (χ4n) is 6.00. The van der Waals surface area contributed by atoms with Gasteiger partial charge in [0, 0.05) is 12.1 Å². The SMILES string of the molecule is N[C@@H](CC1CCCCC1)C(=O)N1CCC2C1C(=O)CN2C(=O)c1cccc2ccccc12. The van der Waals surface area contributed by atoms with E-state index in [0.717, 1.165) is 23.6 Å². The summed E-state index contributed by atoms with van der Waals surface area (Å²) in [6.07, 6.45) is 7.28. The molecule has 1 aliphatic carbocycles. The van der Waals surface area contributed by atoms with E-state index in [0.29, 0.717) is 30.9 Å². The van der Waals surface area contributed by atoms with Crippen LogP contribution in [0, 0.1) is 5.92 Å². The van der Waals surface area contributed by atoms with Crippen LogP contribution in [0.1, 0.15) is 55.3 Å². The van der Waals surface area contributed by atoms with Crippen LogP contribution in [0.4, 0.5) is 0 Å². The lowest BCUT2D eigenvalue weighted by molar-refractivity contribution is -0.137. The van der Waals surface area contributed by atoms with Gasteiger partial charge >= 0.3 is 0 Å². The van der Waals surface area contributed by atoms with Crippen molar-refractivity contribution in [3.8, 4) is 0 Å². The number of carbonyl (C=O) groups excluding carboxylic acids is 3. The van der Waals surface area contributed by atoms with Crippen molar-refractivity contribution in [2.45, 2.75) is 63.1 Å². The van der Waals surface area contributed by atoms with Gasteiger partial charge in [-0.3, -0.25) is 14.4 Å². The lowest BCUT2D eigenvalue weighted by Crippen LogP contribution is -2.50. The van der Waals surface area contributed by atoms with Gasteiger partial charge in [0.2, 0.25) is 5.91 Å². The predicted molar refractivity (Wildman–Crippen MR) is 123 cm³/mol. The van der Waals surface area contributed by atoms with Crippen molar-refractivity contribution in [2.75, 3.05) is 13.1 Å². The molecule has 2 heterocycles. The molecule has 2 saturated heterocycles. The fourth-order valence-corrected chi connectivity index (χ4v) is 6.00. The summed E-state index contributed by atoms with van der Waals surface area (Å²) in [4.78, 5) is 42.9. The van der Waals surface area contributed by atoms with Gasteiger partial charge < -0.3 is 15.5 Å². The van der Waals surface area contributed by atoms with Crippen LogP contribution in [0.3, 0.4) is 0 Å². The Kier molecular flexibility index (Phi) is 5.72. The number of nitrogens with two attached hydrogens (primary N) is 1. The molecule has 6 nitrogen and oxygen atoms in total. The van der Waals surface area contributed by atoms with Gasteiger partial charge in [-0.05, 0) is 35.6 Å². The largest absolute Gasteiger partial charge is 0.329 e. The summed E-state index contributed by atoms with van der Waals surface area (Å²) < 4.78 is 0. The van der Waals surface area contributed by atoms with E-state index in [1.165, 1.54) is 19.3 Å². The minimum Gasteiger partial charge on any atom is -0.329 e. The smallest absolute Gasteiger partial charge is 0.255 e. The molecular weight excluding hydrogens is 402 g/mol. The summed E-state index contributed by atoms with van der Waals surface area (Å²) >= 11 is 0. The van der Waals surface area contributed by atoms with Gasteiger partial charge in [0.15, 0.2) is 5.78 Å². The van der Waals surface area contributed by atoms with E-state index in [4.69, 9.17) is 5.73 Å². The molecule has 1 saturated carbocycles. The molecular formula is C26H31N3O3. The molecule has 0 bridgehead atoms. The van der Waals surface area contributed by atoms with E-state index in [9.17, 15) is 14.4 Å². The zero-order chi connectivity index (χ0) is 22.2. The highest BCUT2D eigenvalue weighted by Gasteiger charge is 2.52. The van der Waals surface area contributed by atoms with Gasteiger partial charge in [0.1, 0.15) is 6.04 Å². The topological polar surface area (TPSA) is 83.7 Å². The first-order valence-corrected chi connectivity index (χ1v) is 11.9. The number of carbonyl (C=O) groups is 3. The van der Waals surface area contributed by atoms with Gasteiger partial charge in [-0.25, -0.2) is 0 Å². The molecule has 2 aromatic rings. The van der Waals surface area contributed by atoms with Crippen LogP contribution < -0.4 is 5.73 Å². The predicted octanol–water partition coefficient (Wildman–Crippen LogP) is 3.13. The maximum Gasteiger partial charge on any atom is 0.255 e. The lowest BCUT2D eigenvalue weighted by atomic mass is 9.84. The Hall–Kier alpha value is -2.73. The molecule has 3 fully saturated rings. The van der Waals surface area contributed by atoms with Gasteiger partial charge in [0.25, 0.3) is 5.91 Å². The number of likely N-dealkylation sites (tertiary alicyclic amines) is 2. The monoisotopic (exact) mass is 433 g/mol. The summed E-state index contributed by atoms with van der Waals surface area (Å²) in [6, 6.07) is 12.1. The van der Waals surface area contributed by atoms with Crippen LogP contribution in [-0.2, 0) is 9.59 Å². The quantitative estimate of drug-likeness (QED) is 0.803. The van der Waals surface area contributed by atoms with Crippen molar-refractivity contribution in [3.63, 3.8) is 0 Å². The molecule has 2 aromatic carbocycles. The summed E-state index contributed by atoms with van der Waals surface area (Å²) in [5.41, 5.74) is 6.93. The summed E-state index contributed by atoms with van der Waals surface area (Å²) in [7, 11) is 0. The Morgan fingerprint density at radius 1 is 0.969 bits per heavy atom. The summed E-state index contributed by atoms with van der Waals surface area (Å²) in [5.74, 6) is 0.184. The fraction of sp³-hybridized carbons (Fsp3) is 0.500. The second-order valence-corrected chi connectivity index (χ2v) is 9.60. The third kappa shape index (κ3) is 3.71. The number of benzene rings is 2. The average molecular weight is 434 g/mol. The zero-order valence-electron chi connectivity index (χ0n) is 18.4. The molecule has 6 heteroatoms. The standard InChI is InChI=1S/C26H31N3O3/c27-21(15-17-7-2-1-3-8-17)26(32)28-14-13-22-24(28)23(30)16-29(22)25(31)20-12-6-10-18-9-4-5-11-19(18)20/h4-6,9-12,17,21-22,24H,1-3,7-8,13-16,27H2/t21-,22?,24?/m0/s1. The molecule has 5 rings (SSSR count). The van der Waals surface area contributed by atoms with Crippen LogP contribution in [-0.4, -0.2) is 58.6 Å². The maximum absolute atomic E-state index is 13.5. The number of hydrogen-bond acceptors (Lipinski definition) is 4. The molecule has 0 spiro atoms. The Bertz CT molecular complexity index is 1040. The molecule has 168 valence electrons. The molecule has 3 atom stereocenters. The lowest BCUT2D eigenvalue weighted by Gasteiger charge is -2.29. The van der Waals surface area contributed by atoms with Gasteiger partial charge in [0.05, 0.1) is 18.6 Å². The zero-order valence-corrected chi connectivity index (χ0v) is 18.4. The first kappa shape index (κ1) is 21.1. The van der Waals surface area contributed by atoms with E-state index in [1.807, 2.05) is 42.5 Å². The summed E-state index contributed by atoms with van der Waals surface area (Å²) in [6.45, 7) is 0.538. The normalized spacial score (nSPS) is 24.7. The summed E-state index contributed by atoms with van der Waals surface area (Å²) in [5, 5.41) is 1.88. The van der Waals surface area contributed by atoms with Crippen molar-refractivity contribution >= 4 is 28.4 Å². The number of ketones is 1.